The van der Waals surface area contributed by atoms with Crippen LogP contribution in [0.1, 0.15) is 12.5 Å². The van der Waals surface area contributed by atoms with Gasteiger partial charge in [-0.1, -0.05) is 6.92 Å². The van der Waals surface area contributed by atoms with Crippen LogP contribution in [0.4, 0.5) is 11.4 Å². The van der Waals surface area contributed by atoms with Crippen LogP contribution in [0.3, 0.4) is 0 Å². The fraction of sp³-hybridized carbons (Fsp3) is 0.455. The van der Waals surface area contributed by atoms with Crippen molar-refractivity contribution in [3.8, 4) is 5.75 Å². The summed E-state index contributed by atoms with van der Waals surface area (Å²) in [7, 11) is 2.07. The molecule has 1 aliphatic heterocycles. The maximum atomic E-state index is 5.93. The van der Waals surface area contributed by atoms with E-state index >= 15 is 0 Å². The Morgan fingerprint density at radius 1 is 1.50 bits per heavy atom. The van der Waals surface area contributed by atoms with Crippen molar-refractivity contribution >= 4 is 11.4 Å². The third-order valence-corrected chi connectivity index (χ3v) is 2.65. The van der Waals surface area contributed by atoms with E-state index in [1.54, 1.807) is 0 Å². The normalized spacial score (nSPS) is 14.9. The standard InChI is InChI=1S/C11H16N2O/c1-3-8-6-9(12)11-10(7-8)13(2)4-5-14-11/h6-7H,3-5,12H2,1-2H3. The van der Waals surface area contributed by atoms with Crippen molar-refractivity contribution in [3.63, 3.8) is 0 Å². The maximum absolute atomic E-state index is 5.93. The molecule has 3 nitrogen and oxygen atoms in total. The number of aryl methyl sites for hydroxylation is 1. The van der Waals surface area contributed by atoms with Gasteiger partial charge in [-0.3, -0.25) is 0 Å². The number of anilines is 2. The van der Waals surface area contributed by atoms with Gasteiger partial charge in [0.25, 0.3) is 0 Å². The number of nitrogens with two attached hydrogens (primary N) is 1. The van der Waals surface area contributed by atoms with Crippen molar-refractivity contribution in [3.05, 3.63) is 17.7 Å². The van der Waals surface area contributed by atoms with E-state index in [1.807, 2.05) is 6.07 Å². The zero-order valence-electron chi connectivity index (χ0n) is 8.71. The second-order valence-electron chi connectivity index (χ2n) is 3.66. The lowest BCUT2D eigenvalue weighted by Gasteiger charge is -2.29. The Morgan fingerprint density at radius 2 is 2.29 bits per heavy atom. The molecule has 0 radical (unpaired) electrons. The fourth-order valence-electron chi connectivity index (χ4n) is 1.75. The van der Waals surface area contributed by atoms with Crippen LogP contribution in [0.5, 0.6) is 5.75 Å². The van der Waals surface area contributed by atoms with Crippen molar-refractivity contribution in [2.75, 3.05) is 30.8 Å². The molecule has 0 aliphatic carbocycles. The molecule has 0 spiro atoms. The maximum Gasteiger partial charge on any atom is 0.165 e. The van der Waals surface area contributed by atoms with Gasteiger partial charge in [0.15, 0.2) is 5.75 Å². The molecule has 0 aromatic heterocycles. The van der Waals surface area contributed by atoms with E-state index in [1.165, 1.54) is 5.56 Å². The van der Waals surface area contributed by atoms with E-state index < -0.39 is 0 Å². The van der Waals surface area contributed by atoms with E-state index in [9.17, 15) is 0 Å². The minimum atomic E-state index is 0.721. The van der Waals surface area contributed by atoms with Crippen LogP contribution < -0.4 is 15.4 Å². The van der Waals surface area contributed by atoms with E-state index in [0.29, 0.717) is 0 Å². The number of nitrogens with zero attached hydrogens (tertiary/aromatic N) is 1. The molecular formula is C11H16N2O. The molecule has 1 aliphatic rings. The van der Waals surface area contributed by atoms with Crippen LogP contribution in [0, 0.1) is 0 Å². The third kappa shape index (κ3) is 1.39. The van der Waals surface area contributed by atoms with Gasteiger partial charge in [0.05, 0.1) is 17.9 Å². The number of rotatable bonds is 1. The molecule has 1 aromatic rings. The molecule has 0 atom stereocenters. The highest BCUT2D eigenvalue weighted by Gasteiger charge is 2.17. The Bertz CT molecular complexity index is 349. The van der Waals surface area contributed by atoms with Gasteiger partial charge in [0, 0.05) is 7.05 Å². The molecule has 1 aromatic carbocycles. The number of nitrogen functional groups attached to an aromatic ring is 1. The second kappa shape index (κ2) is 3.40. The second-order valence-corrected chi connectivity index (χ2v) is 3.66. The van der Waals surface area contributed by atoms with E-state index in [-0.39, 0.29) is 0 Å². The van der Waals surface area contributed by atoms with Crippen LogP contribution in [0.15, 0.2) is 12.1 Å². The van der Waals surface area contributed by atoms with Crippen molar-refractivity contribution in [1.29, 1.82) is 0 Å². The topological polar surface area (TPSA) is 38.5 Å². The highest BCUT2D eigenvalue weighted by Crippen LogP contribution is 2.37. The van der Waals surface area contributed by atoms with E-state index in [0.717, 1.165) is 36.7 Å². The molecule has 0 amide bonds. The minimum absolute atomic E-state index is 0.721. The molecule has 3 heteroatoms. The molecule has 0 bridgehead atoms. The molecule has 0 unspecified atom stereocenters. The Balaban J connectivity index is 2.51. The highest BCUT2D eigenvalue weighted by molar-refractivity contribution is 5.72. The van der Waals surface area contributed by atoms with Gasteiger partial charge >= 0.3 is 0 Å². The third-order valence-electron chi connectivity index (χ3n) is 2.65. The lowest BCUT2D eigenvalue weighted by molar-refractivity contribution is 0.313. The SMILES string of the molecule is CCc1cc(N)c2c(c1)N(C)CCO2. The Labute approximate surface area is 84.5 Å². The Morgan fingerprint density at radius 3 is 3.00 bits per heavy atom. The number of fused-ring (bicyclic) bond motifs is 1. The smallest absolute Gasteiger partial charge is 0.165 e. The molecule has 0 saturated carbocycles. The summed E-state index contributed by atoms with van der Waals surface area (Å²) in [5, 5.41) is 0. The van der Waals surface area contributed by atoms with Gasteiger partial charge in [-0.05, 0) is 24.1 Å². The fourth-order valence-corrected chi connectivity index (χ4v) is 1.75. The first-order chi connectivity index (χ1) is 6.72. The van der Waals surface area contributed by atoms with Crippen molar-refractivity contribution in [2.24, 2.45) is 0 Å². The summed E-state index contributed by atoms with van der Waals surface area (Å²) in [5.41, 5.74) is 9.06. The molecule has 14 heavy (non-hydrogen) atoms. The first kappa shape index (κ1) is 9.19. The minimum Gasteiger partial charge on any atom is -0.487 e. The summed E-state index contributed by atoms with van der Waals surface area (Å²) in [6.07, 6.45) is 1.01. The van der Waals surface area contributed by atoms with Gasteiger partial charge in [0.2, 0.25) is 0 Å². The molecule has 2 N–H and O–H groups in total. The van der Waals surface area contributed by atoms with Gasteiger partial charge < -0.3 is 15.4 Å². The zero-order chi connectivity index (χ0) is 10.1. The van der Waals surface area contributed by atoms with Crippen LogP contribution in [-0.2, 0) is 6.42 Å². The number of ether oxygens (including phenoxy) is 1. The summed E-state index contributed by atoms with van der Waals surface area (Å²) in [6, 6.07) is 4.16. The predicted octanol–water partition coefficient (Wildman–Crippen LogP) is 1.66. The summed E-state index contributed by atoms with van der Waals surface area (Å²) < 4.78 is 5.56. The van der Waals surface area contributed by atoms with Gasteiger partial charge in [-0.15, -0.1) is 0 Å². The summed E-state index contributed by atoms with van der Waals surface area (Å²) >= 11 is 0. The molecule has 0 fully saturated rings. The number of hydrogen-bond acceptors (Lipinski definition) is 3. The monoisotopic (exact) mass is 192 g/mol. The van der Waals surface area contributed by atoms with Crippen molar-refractivity contribution < 1.29 is 4.74 Å². The molecule has 0 saturated heterocycles. The molecular weight excluding hydrogens is 176 g/mol. The quantitative estimate of drug-likeness (QED) is 0.688. The van der Waals surface area contributed by atoms with Crippen LogP contribution in [-0.4, -0.2) is 20.2 Å². The number of benzene rings is 1. The van der Waals surface area contributed by atoms with Gasteiger partial charge in [0.1, 0.15) is 6.61 Å². The van der Waals surface area contributed by atoms with Gasteiger partial charge in [-0.2, -0.15) is 0 Å². The van der Waals surface area contributed by atoms with E-state index in [2.05, 4.69) is 24.9 Å². The van der Waals surface area contributed by atoms with Crippen LogP contribution in [0.25, 0.3) is 0 Å². The summed E-state index contributed by atoms with van der Waals surface area (Å²) in [5.74, 6) is 0.843. The average Bonchev–Trinajstić information content (AvgIpc) is 2.19. The molecule has 1 heterocycles. The Hall–Kier alpha value is -1.38. The first-order valence-electron chi connectivity index (χ1n) is 4.98. The average molecular weight is 192 g/mol. The lowest BCUT2D eigenvalue weighted by atomic mass is 10.1. The zero-order valence-corrected chi connectivity index (χ0v) is 8.71. The summed E-state index contributed by atoms with van der Waals surface area (Å²) in [6.45, 7) is 3.78. The molecule has 2 rings (SSSR count). The van der Waals surface area contributed by atoms with Gasteiger partial charge in [-0.25, -0.2) is 0 Å². The Kier molecular flexibility index (Phi) is 2.23. The summed E-state index contributed by atoms with van der Waals surface area (Å²) in [4.78, 5) is 2.19. The largest absolute Gasteiger partial charge is 0.487 e. The van der Waals surface area contributed by atoms with Crippen LogP contribution >= 0.6 is 0 Å². The van der Waals surface area contributed by atoms with Crippen molar-refractivity contribution in [1.82, 2.24) is 0 Å². The van der Waals surface area contributed by atoms with Crippen molar-refractivity contribution in [2.45, 2.75) is 13.3 Å². The first-order valence-corrected chi connectivity index (χ1v) is 4.98. The lowest BCUT2D eigenvalue weighted by Crippen LogP contribution is -2.29. The van der Waals surface area contributed by atoms with Crippen LogP contribution in [0.2, 0.25) is 0 Å². The number of likely N-dealkylation sites (N-methyl/N-ethyl adjacent to an activating group) is 1. The predicted molar refractivity (Wildman–Crippen MR) is 59.0 cm³/mol. The molecule has 76 valence electrons. The van der Waals surface area contributed by atoms with E-state index in [4.69, 9.17) is 10.5 Å². The highest BCUT2D eigenvalue weighted by atomic mass is 16.5. The number of hydrogen-bond donors (Lipinski definition) is 1.